The molecule has 1 atom stereocenters. The van der Waals surface area contributed by atoms with Gasteiger partial charge in [-0.3, -0.25) is 4.79 Å². The molecule has 0 N–H and O–H groups in total. The highest BCUT2D eigenvalue weighted by molar-refractivity contribution is 5.76. The highest BCUT2D eigenvalue weighted by Crippen LogP contribution is 2.24. The Morgan fingerprint density at radius 3 is 2.85 bits per heavy atom. The van der Waals surface area contributed by atoms with Crippen LogP contribution in [0.3, 0.4) is 0 Å². The summed E-state index contributed by atoms with van der Waals surface area (Å²) >= 11 is 0. The lowest BCUT2D eigenvalue weighted by Crippen LogP contribution is -2.40. The van der Waals surface area contributed by atoms with E-state index in [0.29, 0.717) is 17.7 Å². The predicted molar refractivity (Wildman–Crippen MR) is 78.2 cm³/mol. The van der Waals surface area contributed by atoms with Crippen LogP contribution in [0, 0.1) is 5.41 Å². The first-order chi connectivity index (χ1) is 9.46. The minimum Gasteiger partial charge on any atom is -0.341 e. The predicted octanol–water partition coefficient (Wildman–Crippen LogP) is 2.66. The van der Waals surface area contributed by atoms with Gasteiger partial charge in [-0.15, -0.1) is 0 Å². The van der Waals surface area contributed by atoms with Crippen molar-refractivity contribution < 1.29 is 4.79 Å². The Balaban J connectivity index is 1.81. The fourth-order valence-corrected chi connectivity index (χ4v) is 2.73. The zero-order valence-electron chi connectivity index (χ0n) is 12.9. The van der Waals surface area contributed by atoms with Crippen molar-refractivity contribution in [3.05, 3.63) is 12.7 Å². The third-order valence-corrected chi connectivity index (χ3v) is 3.88. The molecule has 1 amide bonds. The molecule has 20 heavy (non-hydrogen) atoms. The van der Waals surface area contributed by atoms with Gasteiger partial charge in [-0.2, -0.15) is 5.10 Å². The molecule has 0 radical (unpaired) electrons. The monoisotopic (exact) mass is 278 g/mol. The lowest BCUT2D eigenvalue weighted by atomic mass is 9.89. The SMILES string of the molecule is CC(C)(C)CCCC(=O)N1CCC[C@H](n2cncn2)C1. The van der Waals surface area contributed by atoms with Gasteiger partial charge in [-0.25, -0.2) is 9.67 Å². The molecule has 1 saturated heterocycles. The van der Waals surface area contributed by atoms with E-state index in [2.05, 4.69) is 30.9 Å². The number of likely N-dealkylation sites (tertiary alicyclic amines) is 1. The van der Waals surface area contributed by atoms with Crippen molar-refractivity contribution >= 4 is 5.91 Å². The lowest BCUT2D eigenvalue weighted by Gasteiger charge is -2.33. The van der Waals surface area contributed by atoms with Gasteiger partial charge in [0.15, 0.2) is 0 Å². The molecule has 2 heterocycles. The fraction of sp³-hybridized carbons (Fsp3) is 0.800. The number of hydrogen-bond donors (Lipinski definition) is 0. The summed E-state index contributed by atoms with van der Waals surface area (Å²) in [6.45, 7) is 8.33. The number of aromatic nitrogens is 3. The summed E-state index contributed by atoms with van der Waals surface area (Å²) in [5, 5.41) is 4.20. The first kappa shape index (κ1) is 15.0. The van der Waals surface area contributed by atoms with Crippen molar-refractivity contribution in [1.29, 1.82) is 0 Å². The van der Waals surface area contributed by atoms with E-state index >= 15 is 0 Å². The quantitative estimate of drug-likeness (QED) is 0.850. The fourth-order valence-electron chi connectivity index (χ4n) is 2.73. The van der Waals surface area contributed by atoms with Crippen molar-refractivity contribution in [2.75, 3.05) is 13.1 Å². The first-order valence-corrected chi connectivity index (χ1v) is 7.57. The molecule has 0 saturated carbocycles. The van der Waals surface area contributed by atoms with Crippen molar-refractivity contribution in [2.24, 2.45) is 5.41 Å². The van der Waals surface area contributed by atoms with Crippen LogP contribution in [0.2, 0.25) is 0 Å². The number of rotatable bonds is 4. The van der Waals surface area contributed by atoms with Gasteiger partial charge < -0.3 is 4.90 Å². The van der Waals surface area contributed by atoms with Crippen LogP contribution >= 0.6 is 0 Å². The molecule has 1 aliphatic heterocycles. The van der Waals surface area contributed by atoms with Gasteiger partial charge >= 0.3 is 0 Å². The van der Waals surface area contributed by atoms with Crippen LogP contribution in [0.4, 0.5) is 0 Å². The van der Waals surface area contributed by atoms with Gasteiger partial charge in [0.05, 0.1) is 6.04 Å². The zero-order chi connectivity index (χ0) is 14.6. The molecule has 1 aromatic heterocycles. The Kier molecular flexibility index (Phi) is 4.78. The lowest BCUT2D eigenvalue weighted by molar-refractivity contribution is -0.133. The van der Waals surface area contributed by atoms with Crippen LogP contribution < -0.4 is 0 Å². The van der Waals surface area contributed by atoms with Crippen LogP contribution in [0.1, 0.15) is 58.9 Å². The smallest absolute Gasteiger partial charge is 0.222 e. The summed E-state index contributed by atoms with van der Waals surface area (Å²) in [6.07, 6.45) is 8.18. The maximum atomic E-state index is 12.3. The van der Waals surface area contributed by atoms with E-state index < -0.39 is 0 Å². The number of hydrogen-bond acceptors (Lipinski definition) is 3. The van der Waals surface area contributed by atoms with E-state index in [-0.39, 0.29) is 6.04 Å². The first-order valence-electron chi connectivity index (χ1n) is 7.57. The molecule has 1 aromatic rings. The summed E-state index contributed by atoms with van der Waals surface area (Å²) in [5.41, 5.74) is 0.311. The van der Waals surface area contributed by atoms with Crippen molar-refractivity contribution in [1.82, 2.24) is 19.7 Å². The number of carbonyl (C=O) groups excluding carboxylic acids is 1. The standard InChI is InChI=1S/C15H26N4O/c1-15(2,3)8-4-7-14(20)18-9-5-6-13(10-18)19-12-16-11-17-19/h11-13H,4-10H2,1-3H3/t13-/m0/s1. The van der Waals surface area contributed by atoms with Crippen LogP contribution in [-0.4, -0.2) is 38.7 Å². The largest absolute Gasteiger partial charge is 0.341 e. The summed E-state index contributed by atoms with van der Waals surface area (Å²) < 4.78 is 1.88. The zero-order valence-corrected chi connectivity index (χ0v) is 12.9. The minimum atomic E-state index is 0.290. The van der Waals surface area contributed by atoms with E-state index in [9.17, 15) is 4.79 Å². The number of nitrogens with zero attached hydrogens (tertiary/aromatic N) is 4. The normalized spacial score (nSPS) is 20.1. The third-order valence-electron chi connectivity index (χ3n) is 3.88. The number of amides is 1. The Hall–Kier alpha value is -1.39. The van der Waals surface area contributed by atoms with E-state index in [0.717, 1.165) is 38.8 Å². The Morgan fingerprint density at radius 1 is 1.40 bits per heavy atom. The Morgan fingerprint density at radius 2 is 2.20 bits per heavy atom. The van der Waals surface area contributed by atoms with Crippen molar-refractivity contribution in [2.45, 2.75) is 58.9 Å². The number of piperidine rings is 1. The summed E-state index contributed by atoms with van der Waals surface area (Å²) in [4.78, 5) is 18.3. The molecule has 5 nitrogen and oxygen atoms in total. The van der Waals surface area contributed by atoms with Gasteiger partial charge in [-0.1, -0.05) is 20.8 Å². The highest BCUT2D eigenvalue weighted by Gasteiger charge is 2.25. The topological polar surface area (TPSA) is 51.0 Å². The Bertz CT molecular complexity index is 422. The molecule has 0 aliphatic carbocycles. The molecule has 2 rings (SSSR count). The highest BCUT2D eigenvalue weighted by atomic mass is 16.2. The second-order valence-electron chi connectivity index (χ2n) is 6.93. The average molecular weight is 278 g/mol. The second kappa shape index (κ2) is 6.37. The maximum absolute atomic E-state index is 12.3. The molecule has 5 heteroatoms. The van der Waals surface area contributed by atoms with Gasteiger partial charge in [0, 0.05) is 19.5 Å². The van der Waals surface area contributed by atoms with E-state index in [1.807, 2.05) is 9.58 Å². The molecular weight excluding hydrogens is 252 g/mol. The van der Waals surface area contributed by atoms with Crippen LogP contribution in [0.5, 0.6) is 0 Å². The molecule has 0 unspecified atom stereocenters. The van der Waals surface area contributed by atoms with Gasteiger partial charge in [0.25, 0.3) is 0 Å². The van der Waals surface area contributed by atoms with E-state index in [1.54, 1.807) is 12.7 Å². The van der Waals surface area contributed by atoms with Crippen LogP contribution in [0.25, 0.3) is 0 Å². The molecule has 1 fully saturated rings. The average Bonchev–Trinajstić information content (AvgIpc) is 2.91. The Labute approximate surface area is 121 Å². The van der Waals surface area contributed by atoms with Crippen LogP contribution in [0.15, 0.2) is 12.7 Å². The molecule has 0 spiro atoms. The second-order valence-corrected chi connectivity index (χ2v) is 6.93. The summed E-state index contributed by atoms with van der Waals surface area (Å²) in [6, 6.07) is 0.290. The van der Waals surface area contributed by atoms with Crippen molar-refractivity contribution in [3.8, 4) is 0 Å². The molecule has 0 aromatic carbocycles. The minimum absolute atomic E-state index is 0.290. The number of carbonyl (C=O) groups is 1. The van der Waals surface area contributed by atoms with Crippen molar-refractivity contribution in [3.63, 3.8) is 0 Å². The third kappa shape index (κ3) is 4.32. The van der Waals surface area contributed by atoms with Crippen LogP contribution in [-0.2, 0) is 4.79 Å². The summed E-state index contributed by atoms with van der Waals surface area (Å²) in [7, 11) is 0. The molecule has 1 aliphatic rings. The van der Waals surface area contributed by atoms with E-state index in [4.69, 9.17) is 0 Å². The van der Waals surface area contributed by atoms with Gasteiger partial charge in [0.1, 0.15) is 12.7 Å². The van der Waals surface area contributed by atoms with E-state index in [1.165, 1.54) is 0 Å². The molecule has 0 bridgehead atoms. The molecule has 112 valence electrons. The van der Waals surface area contributed by atoms with Gasteiger partial charge in [0.2, 0.25) is 5.91 Å². The molecular formula is C15H26N4O. The van der Waals surface area contributed by atoms with Gasteiger partial charge in [-0.05, 0) is 31.1 Å². The summed E-state index contributed by atoms with van der Waals surface area (Å²) in [5.74, 6) is 0.291. The maximum Gasteiger partial charge on any atom is 0.222 e.